The van der Waals surface area contributed by atoms with E-state index in [0.717, 1.165) is 31.4 Å². The highest BCUT2D eigenvalue weighted by molar-refractivity contribution is 6.30. The standard InChI is InChI=1S/C20H27ClF3N3O3/c1-19(2,3)30-18(29)25-11-14-6-4-5-9-27(14)12-17(28)26-16-8-7-13(21)10-15(16)20(22,23)24/h7-8,10,14H,4-6,9,11-12H2,1-3H3,(H,25,29)(H,26,28). The summed E-state index contributed by atoms with van der Waals surface area (Å²) in [5, 5.41) is 4.97. The van der Waals surface area contributed by atoms with Gasteiger partial charge in [-0.1, -0.05) is 18.0 Å². The molecule has 1 aliphatic rings. The van der Waals surface area contributed by atoms with Crippen LogP contribution in [0, 0.1) is 0 Å². The summed E-state index contributed by atoms with van der Waals surface area (Å²) >= 11 is 5.67. The molecule has 1 heterocycles. The number of nitrogens with one attached hydrogen (secondary N) is 2. The first kappa shape index (κ1) is 24.3. The molecule has 1 aromatic carbocycles. The van der Waals surface area contributed by atoms with Gasteiger partial charge in [-0.15, -0.1) is 0 Å². The fourth-order valence-electron chi connectivity index (χ4n) is 3.25. The lowest BCUT2D eigenvalue weighted by molar-refractivity contribution is -0.137. The van der Waals surface area contributed by atoms with Crippen LogP contribution in [0.2, 0.25) is 5.02 Å². The fourth-order valence-corrected chi connectivity index (χ4v) is 3.42. The van der Waals surface area contributed by atoms with E-state index in [1.54, 1.807) is 20.8 Å². The lowest BCUT2D eigenvalue weighted by Gasteiger charge is -2.35. The number of piperidine rings is 1. The molecule has 2 N–H and O–H groups in total. The van der Waals surface area contributed by atoms with Crippen LogP contribution in [-0.4, -0.2) is 48.2 Å². The van der Waals surface area contributed by atoms with Crippen LogP contribution in [0.15, 0.2) is 18.2 Å². The molecule has 0 radical (unpaired) electrons. The number of ether oxygens (including phenoxy) is 1. The predicted octanol–water partition coefficient (Wildman–Crippen LogP) is 4.68. The van der Waals surface area contributed by atoms with Crippen LogP contribution in [-0.2, 0) is 15.7 Å². The van der Waals surface area contributed by atoms with Crippen molar-refractivity contribution in [3.63, 3.8) is 0 Å². The molecule has 10 heteroatoms. The summed E-state index contributed by atoms with van der Waals surface area (Å²) in [5.74, 6) is -0.563. The second kappa shape index (κ2) is 9.87. The number of carbonyl (C=O) groups is 2. The summed E-state index contributed by atoms with van der Waals surface area (Å²) in [7, 11) is 0. The number of anilines is 1. The first-order valence-corrected chi connectivity index (χ1v) is 10.1. The minimum Gasteiger partial charge on any atom is -0.444 e. The highest BCUT2D eigenvalue weighted by Gasteiger charge is 2.34. The normalized spacial score (nSPS) is 18.0. The number of hydrogen-bond acceptors (Lipinski definition) is 4. The molecule has 168 valence electrons. The van der Waals surface area contributed by atoms with Crippen molar-refractivity contribution in [1.29, 1.82) is 0 Å². The molecule has 2 amide bonds. The van der Waals surface area contributed by atoms with Gasteiger partial charge in [0.05, 0.1) is 17.8 Å². The van der Waals surface area contributed by atoms with Gasteiger partial charge in [-0.25, -0.2) is 4.79 Å². The third kappa shape index (κ3) is 7.68. The molecule has 1 aromatic rings. The van der Waals surface area contributed by atoms with Gasteiger partial charge in [0.15, 0.2) is 0 Å². The van der Waals surface area contributed by atoms with Gasteiger partial charge in [0.25, 0.3) is 0 Å². The van der Waals surface area contributed by atoms with Gasteiger partial charge in [-0.3, -0.25) is 9.69 Å². The fraction of sp³-hybridized carbons (Fsp3) is 0.600. The minimum absolute atomic E-state index is 0.0652. The van der Waals surface area contributed by atoms with Gasteiger partial charge < -0.3 is 15.4 Å². The van der Waals surface area contributed by atoms with E-state index in [2.05, 4.69) is 10.6 Å². The molecule has 2 rings (SSSR count). The summed E-state index contributed by atoms with van der Waals surface area (Å²) in [4.78, 5) is 26.2. The Morgan fingerprint density at radius 2 is 1.93 bits per heavy atom. The van der Waals surface area contributed by atoms with E-state index in [4.69, 9.17) is 16.3 Å². The number of hydrogen-bond donors (Lipinski definition) is 2. The maximum atomic E-state index is 13.2. The number of alkyl carbamates (subject to hydrolysis) is 1. The van der Waals surface area contributed by atoms with Crippen molar-refractivity contribution in [2.24, 2.45) is 0 Å². The van der Waals surface area contributed by atoms with Gasteiger partial charge in [0, 0.05) is 17.6 Å². The highest BCUT2D eigenvalue weighted by atomic mass is 35.5. The van der Waals surface area contributed by atoms with Gasteiger partial charge in [-0.2, -0.15) is 13.2 Å². The molecular weight excluding hydrogens is 423 g/mol. The van der Waals surface area contributed by atoms with Crippen molar-refractivity contribution in [3.8, 4) is 0 Å². The number of benzene rings is 1. The molecule has 1 unspecified atom stereocenters. The first-order valence-electron chi connectivity index (χ1n) is 9.72. The quantitative estimate of drug-likeness (QED) is 0.685. The van der Waals surface area contributed by atoms with E-state index in [-0.39, 0.29) is 29.8 Å². The van der Waals surface area contributed by atoms with Crippen molar-refractivity contribution < 1.29 is 27.5 Å². The van der Waals surface area contributed by atoms with E-state index < -0.39 is 29.3 Å². The number of likely N-dealkylation sites (tertiary alicyclic amines) is 1. The van der Waals surface area contributed by atoms with E-state index in [1.165, 1.54) is 6.07 Å². The number of amides is 2. The van der Waals surface area contributed by atoms with Crippen molar-refractivity contribution in [1.82, 2.24) is 10.2 Å². The topological polar surface area (TPSA) is 70.7 Å². The minimum atomic E-state index is -4.64. The molecule has 6 nitrogen and oxygen atoms in total. The molecule has 30 heavy (non-hydrogen) atoms. The monoisotopic (exact) mass is 449 g/mol. The zero-order chi connectivity index (χ0) is 22.5. The number of nitrogens with zero attached hydrogens (tertiary/aromatic N) is 1. The summed E-state index contributed by atoms with van der Waals surface area (Å²) in [5.41, 5.74) is -1.95. The van der Waals surface area contributed by atoms with Crippen molar-refractivity contribution in [3.05, 3.63) is 28.8 Å². The van der Waals surface area contributed by atoms with Gasteiger partial charge >= 0.3 is 12.3 Å². The largest absolute Gasteiger partial charge is 0.444 e. The van der Waals surface area contributed by atoms with Gasteiger partial charge in [0.1, 0.15) is 5.60 Å². The first-order chi connectivity index (χ1) is 13.8. The highest BCUT2D eigenvalue weighted by Crippen LogP contribution is 2.36. The Kier molecular flexibility index (Phi) is 7.99. The maximum Gasteiger partial charge on any atom is 0.418 e. The zero-order valence-corrected chi connectivity index (χ0v) is 18.0. The Hall–Kier alpha value is -2.00. The number of rotatable bonds is 5. The maximum absolute atomic E-state index is 13.2. The molecule has 1 aliphatic heterocycles. The Morgan fingerprint density at radius 3 is 2.57 bits per heavy atom. The average molecular weight is 450 g/mol. The summed E-state index contributed by atoms with van der Waals surface area (Å²) in [6.45, 7) is 6.10. The molecule has 0 bridgehead atoms. The van der Waals surface area contributed by atoms with E-state index in [9.17, 15) is 22.8 Å². The van der Waals surface area contributed by atoms with Crippen LogP contribution in [0.3, 0.4) is 0 Å². The molecule has 1 fully saturated rings. The number of carbonyl (C=O) groups excluding carboxylic acids is 2. The van der Waals surface area contributed by atoms with E-state index >= 15 is 0 Å². The summed E-state index contributed by atoms with van der Waals surface area (Å²) < 4.78 is 44.9. The van der Waals surface area contributed by atoms with Crippen molar-refractivity contribution in [2.75, 3.05) is 25.0 Å². The summed E-state index contributed by atoms with van der Waals surface area (Å²) in [6, 6.07) is 3.11. The Labute approximate surface area is 179 Å². The Morgan fingerprint density at radius 1 is 1.23 bits per heavy atom. The van der Waals surface area contributed by atoms with Crippen LogP contribution in [0.25, 0.3) is 0 Å². The lowest BCUT2D eigenvalue weighted by Crippen LogP contribution is -2.49. The smallest absolute Gasteiger partial charge is 0.418 e. The zero-order valence-electron chi connectivity index (χ0n) is 17.2. The van der Waals surface area contributed by atoms with Crippen LogP contribution in [0.5, 0.6) is 0 Å². The molecule has 0 spiro atoms. The third-order valence-corrected chi connectivity index (χ3v) is 4.77. The molecule has 1 atom stereocenters. The van der Waals surface area contributed by atoms with Crippen LogP contribution in [0.4, 0.5) is 23.7 Å². The predicted molar refractivity (Wildman–Crippen MR) is 109 cm³/mol. The van der Waals surface area contributed by atoms with Gasteiger partial charge in [-0.05, 0) is 58.4 Å². The van der Waals surface area contributed by atoms with Crippen molar-refractivity contribution >= 4 is 29.3 Å². The van der Waals surface area contributed by atoms with Crippen LogP contribution in [0.1, 0.15) is 45.6 Å². The van der Waals surface area contributed by atoms with Crippen LogP contribution >= 0.6 is 11.6 Å². The molecular formula is C20H27ClF3N3O3. The van der Waals surface area contributed by atoms with Gasteiger partial charge in [0.2, 0.25) is 5.91 Å². The van der Waals surface area contributed by atoms with E-state index in [0.29, 0.717) is 6.54 Å². The average Bonchev–Trinajstić information content (AvgIpc) is 2.60. The van der Waals surface area contributed by atoms with Crippen LogP contribution < -0.4 is 10.6 Å². The van der Waals surface area contributed by atoms with E-state index in [1.807, 2.05) is 4.90 Å². The lowest BCUT2D eigenvalue weighted by atomic mass is 10.0. The second-order valence-electron chi connectivity index (χ2n) is 8.24. The molecule has 1 saturated heterocycles. The third-order valence-electron chi connectivity index (χ3n) is 4.54. The Balaban J connectivity index is 1.98. The number of halogens is 4. The molecule has 0 aliphatic carbocycles. The summed E-state index contributed by atoms with van der Waals surface area (Å²) in [6.07, 6.45) is -2.62. The molecule has 0 saturated carbocycles. The number of alkyl halides is 3. The molecule has 0 aromatic heterocycles. The SMILES string of the molecule is CC(C)(C)OC(=O)NCC1CCCCN1CC(=O)Nc1ccc(Cl)cc1C(F)(F)F. The second-order valence-corrected chi connectivity index (χ2v) is 8.68. The van der Waals surface area contributed by atoms with Crippen molar-refractivity contribution in [2.45, 2.75) is 57.9 Å². The Bertz CT molecular complexity index is 766.